The van der Waals surface area contributed by atoms with E-state index in [4.69, 9.17) is 0 Å². The number of ether oxygens (including phenoxy) is 1. The SMILES string of the molecule is COC(=O)Cn1ncc(N2CCN(C)CC2)cc1=O. The lowest BCUT2D eigenvalue weighted by atomic mass is 10.3. The van der Waals surface area contributed by atoms with E-state index in [1.54, 1.807) is 6.20 Å². The third-order valence-corrected chi connectivity index (χ3v) is 3.23. The lowest BCUT2D eigenvalue weighted by Crippen LogP contribution is -2.45. The Morgan fingerprint density at radius 3 is 2.63 bits per heavy atom. The van der Waals surface area contributed by atoms with Gasteiger partial charge >= 0.3 is 5.97 Å². The van der Waals surface area contributed by atoms with Gasteiger partial charge in [-0.3, -0.25) is 9.59 Å². The number of nitrogens with zero attached hydrogens (tertiary/aromatic N) is 4. The maximum Gasteiger partial charge on any atom is 0.327 e. The van der Waals surface area contributed by atoms with Gasteiger partial charge in [0.1, 0.15) is 6.54 Å². The van der Waals surface area contributed by atoms with Gasteiger partial charge in [-0.05, 0) is 7.05 Å². The summed E-state index contributed by atoms with van der Waals surface area (Å²) in [4.78, 5) is 27.3. The van der Waals surface area contributed by atoms with Gasteiger partial charge in [-0.25, -0.2) is 4.68 Å². The number of hydrogen-bond donors (Lipinski definition) is 0. The molecule has 0 atom stereocenters. The third-order valence-electron chi connectivity index (χ3n) is 3.23. The predicted molar refractivity (Wildman–Crippen MR) is 70.2 cm³/mol. The van der Waals surface area contributed by atoms with Crippen molar-refractivity contribution in [2.24, 2.45) is 0 Å². The van der Waals surface area contributed by atoms with Gasteiger partial charge in [0, 0.05) is 32.2 Å². The highest BCUT2D eigenvalue weighted by atomic mass is 16.5. The van der Waals surface area contributed by atoms with E-state index >= 15 is 0 Å². The Hall–Kier alpha value is -1.89. The topological polar surface area (TPSA) is 67.7 Å². The lowest BCUT2D eigenvalue weighted by molar-refractivity contribution is -0.141. The smallest absolute Gasteiger partial charge is 0.327 e. The summed E-state index contributed by atoms with van der Waals surface area (Å²) in [6.45, 7) is 3.52. The Morgan fingerprint density at radius 1 is 1.37 bits per heavy atom. The number of likely N-dealkylation sites (N-methyl/N-ethyl adjacent to an activating group) is 1. The second kappa shape index (κ2) is 5.83. The van der Waals surface area contributed by atoms with Crippen LogP contribution in [0.15, 0.2) is 17.1 Å². The van der Waals surface area contributed by atoms with Crippen LogP contribution in [0.5, 0.6) is 0 Å². The first kappa shape index (κ1) is 13.5. The Balaban J connectivity index is 2.10. The molecule has 1 aliphatic heterocycles. The monoisotopic (exact) mass is 266 g/mol. The molecule has 2 heterocycles. The molecule has 1 saturated heterocycles. The fourth-order valence-electron chi connectivity index (χ4n) is 1.97. The molecule has 0 spiro atoms. The molecule has 0 bridgehead atoms. The molecule has 0 unspecified atom stereocenters. The molecule has 1 aliphatic rings. The Morgan fingerprint density at radius 2 is 2.05 bits per heavy atom. The molecule has 104 valence electrons. The van der Waals surface area contributed by atoms with Crippen LogP contribution in [0, 0.1) is 0 Å². The number of piperazine rings is 1. The summed E-state index contributed by atoms with van der Waals surface area (Å²) in [5.74, 6) is -0.484. The first-order valence-corrected chi connectivity index (χ1v) is 6.17. The summed E-state index contributed by atoms with van der Waals surface area (Å²) < 4.78 is 5.62. The van der Waals surface area contributed by atoms with Crippen LogP contribution in [0.4, 0.5) is 5.69 Å². The van der Waals surface area contributed by atoms with Gasteiger partial charge in [0.25, 0.3) is 5.56 Å². The largest absolute Gasteiger partial charge is 0.468 e. The van der Waals surface area contributed by atoms with Crippen molar-refractivity contribution in [2.45, 2.75) is 6.54 Å². The number of hydrogen-bond acceptors (Lipinski definition) is 6. The molecule has 1 aromatic rings. The van der Waals surface area contributed by atoms with Gasteiger partial charge in [-0.1, -0.05) is 0 Å². The summed E-state index contributed by atoms with van der Waals surface area (Å²) in [7, 11) is 3.36. The van der Waals surface area contributed by atoms with Gasteiger partial charge < -0.3 is 14.5 Å². The molecular weight excluding hydrogens is 248 g/mol. The van der Waals surface area contributed by atoms with Crippen molar-refractivity contribution >= 4 is 11.7 Å². The van der Waals surface area contributed by atoms with E-state index < -0.39 is 5.97 Å². The minimum Gasteiger partial charge on any atom is -0.468 e. The highest BCUT2D eigenvalue weighted by Crippen LogP contribution is 2.11. The fourth-order valence-corrected chi connectivity index (χ4v) is 1.97. The standard InChI is InChI=1S/C12H18N4O3/c1-14-3-5-15(6-4-14)10-7-11(17)16(13-8-10)9-12(18)19-2/h7-8H,3-6,9H2,1-2H3. The molecule has 7 nitrogen and oxygen atoms in total. The Labute approximate surface area is 111 Å². The van der Waals surface area contributed by atoms with Crippen molar-refractivity contribution in [1.29, 1.82) is 0 Å². The number of methoxy groups -OCH3 is 1. The van der Waals surface area contributed by atoms with Gasteiger partial charge in [0.2, 0.25) is 0 Å². The number of anilines is 1. The van der Waals surface area contributed by atoms with Crippen molar-refractivity contribution in [1.82, 2.24) is 14.7 Å². The molecule has 0 aromatic carbocycles. The van der Waals surface area contributed by atoms with Crippen molar-refractivity contribution < 1.29 is 9.53 Å². The number of aromatic nitrogens is 2. The van der Waals surface area contributed by atoms with E-state index in [0.29, 0.717) is 0 Å². The van der Waals surface area contributed by atoms with Crippen LogP contribution in [-0.4, -0.2) is 61.0 Å². The van der Waals surface area contributed by atoms with Crippen LogP contribution in [-0.2, 0) is 16.1 Å². The molecular formula is C12H18N4O3. The summed E-state index contributed by atoms with van der Waals surface area (Å²) >= 11 is 0. The quantitative estimate of drug-likeness (QED) is 0.665. The minimum absolute atomic E-state index is 0.154. The van der Waals surface area contributed by atoms with E-state index in [2.05, 4.69) is 26.7 Å². The second-order valence-corrected chi connectivity index (χ2v) is 4.58. The zero-order chi connectivity index (χ0) is 13.8. The number of rotatable bonds is 3. The van der Waals surface area contributed by atoms with Gasteiger partial charge in [0.15, 0.2) is 0 Å². The maximum atomic E-state index is 11.9. The van der Waals surface area contributed by atoms with Crippen LogP contribution < -0.4 is 10.5 Å². The lowest BCUT2D eigenvalue weighted by Gasteiger charge is -2.33. The van der Waals surface area contributed by atoms with E-state index in [9.17, 15) is 9.59 Å². The predicted octanol–water partition coefficient (Wildman–Crippen LogP) is -0.832. The van der Waals surface area contributed by atoms with Crippen molar-refractivity contribution in [3.63, 3.8) is 0 Å². The van der Waals surface area contributed by atoms with E-state index in [1.807, 2.05) is 0 Å². The maximum absolute atomic E-state index is 11.9. The molecule has 0 saturated carbocycles. The van der Waals surface area contributed by atoms with Crippen LogP contribution in [0.3, 0.4) is 0 Å². The summed E-state index contributed by atoms with van der Waals surface area (Å²) in [6, 6.07) is 1.52. The number of carbonyl (C=O) groups excluding carboxylic acids is 1. The minimum atomic E-state index is -0.484. The van der Waals surface area contributed by atoms with Crippen LogP contribution >= 0.6 is 0 Å². The number of carbonyl (C=O) groups is 1. The summed E-state index contributed by atoms with van der Waals surface area (Å²) in [5.41, 5.74) is 0.515. The third kappa shape index (κ3) is 3.31. The molecule has 1 fully saturated rings. The zero-order valence-corrected chi connectivity index (χ0v) is 11.2. The van der Waals surface area contributed by atoms with Crippen LogP contribution in [0.2, 0.25) is 0 Å². The molecule has 1 aromatic heterocycles. The highest BCUT2D eigenvalue weighted by molar-refractivity contribution is 5.68. The first-order valence-electron chi connectivity index (χ1n) is 6.17. The van der Waals surface area contributed by atoms with Crippen molar-refractivity contribution in [2.75, 3.05) is 45.2 Å². The van der Waals surface area contributed by atoms with Crippen molar-refractivity contribution in [3.8, 4) is 0 Å². The normalized spacial score (nSPS) is 16.4. The Bertz CT molecular complexity index is 506. The highest BCUT2D eigenvalue weighted by Gasteiger charge is 2.15. The molecule has 0 radical (unpaired) electrons. The zero-order valence-electron chi connectivity index (χ0n) is 11.2. The fraction of sp³-hybridized carbons (Fsp3) is 0.583. The second-order valence-electron chi connectivity index (χ2n) is 4.58. The average Bonchev–Trinajstić information content (AvgIpc) is 2.41. The van der Waals surface area contributed by atoms with E-state index in [-0.39, 0.29) is 12.1 Å². The molecule has 2 rings (SSSR count). The Kier molecular flexibility index (Phi) is 4.16. The van der Waals surface area contributed by atoms with E-state index in [1.165, 1.54) is 13.2 Å². The summed E-state index contributed by atoms with van der Waals surface area (Å²) in [6.07, 6.45) is 1.62. The average molecular weight is 266 g/mol. The first-order chi connectivity index (χ1) is 9.10. The molecule has 0 amide bonds. The van der Waals surface area contributed by atoms with Gasteiger partial charge in [-0.15, -0.1) is 0 Å². The number of esters is 1. The van der Waals surface area contributed by atoms with Gasteiger partial charge in [0.05, 0.1) is 19.0 Å². The molecule has 7 heteroatoms. The van der Waals surface area contributed by atoms with Gasteiger partial charge in [-0.2, -0.15) is 5.10 Å². The van der Waals surface area contributed by atoms with Crippen LogP contribution in [0.25, 0.3) is 0 Å². The van der Waals surface area contributed by atoms with E-state index in [0.717, 1.165) is 36.5 Å². The van der Waals surface area contributed by atoms with Crippen molar-refractivity contribution in [3.05, 3.63) is 22.6 Å². The molecule has 0 N–H and O–H groups in total. The molecule has 19 heavy (non-hydrogen) atoms. The van der Waals surface area contributed by atoms with Crippen LogP contribution in [0.1, 0.15) is 0 Å². The molecule has 0 aliphatic carbocycles. The summed E-state index contributed by atoms with van der Waals surface area (Å²) in [5, 5.41) is 4.01.